The minimum atomic E-state index is -2.20. The maximum Gasteiger partial charge on any atom is 0.344 e. The van der Waals surface area contributed by atoms with Crippen molar-refractivity contribution in [3.8, 4) is 0 Å². The molecule has 3 heteroatoms. The Labute approximate surface area is 148 Å². The molecule has 23 heavy (non-hydrogen) atoms. The van der Waals surface area contributed by atoms with Gasteiger partial charge in [0.2, 0.25) is 0 Å². The summed E-state index contributed by atoms with van der Waals surface area (Å²) < 4.78 is 12.9. The second-order valence-corrected chi connectivity index (χ2v) is 11.4. The zero-order valence-corrected chi connectivity index (χ0v) is 18.2. The molecule has 140 valence electrons. The summed E-state index contributed by atoms with van der Waals surface area (Å²) in [6.07, 6.45) is 10.4. The summed E-state index contributed by atoms with van der Waals surface area (Å²) in [5, 5.41) is 0.188. The molecule has 0 rings (SSSR count). The molecule has 0 aliphatic heterocycles. The van der Waals surface area contributed by atoms with Crippen molar-refractivity contribution in [1.29, 1.82) is 0 Å². The highest BCUT2D eigenvalue weighted by atomic mass is 28.4. The van der Waals surface area contributed by atoms with Gasteiger partial charge in [-0.3, -0.25) is 0 Å². The molecule has 0 saturated heterocycles. The lowest BCUT2D eigenvalue weighted by Gasteiger charge is -2.44. The van der Waals surface area contributed by atoms with Gasteiger partial charge < -0.3 is 8.85 Å². The highest BCUT2D eigenvalue weighted by Gasteiger charge is 2.51. The summed E-state index contributed by atoms with van der Waals surface area (Å²) in [4.78, 5) is 0. The van der Waals surface area contributed by atoms with Gasteiger partial charge in [-0.1, -0.05) is 79.6 Å². The predicted molar refractivity (Wildman–Crippen MR) is 105 cm³/mol. The highest BCUT2D eigenvalue weighted by Crippen LogP contribution is 2.47. The van der Waals surface area contributed by atoms with Crippen LogP contribution in [0.4, 0.5) is 0 Å². The number of rotatable bonds is 15. The van der Waals surface area contributed by atoms with E-state index in [9.17, 15) is 0 Å². The topological polar surface area (TPSA) is 18.5 Å². The van der Waals surface area contributed by atoms with Gasteiger partial charge in [0.05, 0.1) is 0 Å². The Bertz CT molecular complexity index is 269. The Morgan fingerprint density at radius 2 is 1.30 bits per heavy atom. The molecule has 0 radical (unpaired) electrons. The lowest BCUT2D eigenvalue weighted by molar-refractivity contribution is 0.147. The maximum absolute atomic E-state index is 6.46. The average molecular weight is 345 g/mol. The molecule has 2 nitrogen and oxygen atoms in total. The zero-order valence-electron chi connectivity index (χ0n) is 17.2. The SMILES string of the molecule is CCCCCCCC(C)(C)[Si](CC(CC)CC)(OCC)OCC. The monoisotopic (exact) mass is 344 g/mol. The molecule has 0 bridgehead atoms. The van der Waals surface area contributed by atoms with Crippen LogP contribution in [0.2, 0.25) is 11.1 Å². The van der Waals surface area contributed by atoms with Crippen molar-refractivity contribution in [3.05, 3.63) is 0 Å². The molecule has 0 aromatic rings. The van der Waals surface area contributed by atoms with E-state index in [2.05, 4.69) is 48.5 Å². The molecule has 0 aliphatic carbocycles. The van der Waals surface area contributed by atoms with Crippen molar-refractivity contribution < 1.29 is 8.85 Å². The van der Waals surface area contributed by atoms with Crippen LogP contribution in [-0.2, 0) is 8.85 Å². The van der Waals surface area contributed by atoms with Crippen molar-refractivity contribution in [2.75, 3.05) is 13.2 Å². The van der Waals surface area contributed by atoms with E-state index < -0.39 is 8.56 Å². The van der Waals surface area contributed by atoms with Crippen LogP contribution < -0.4 is 0 Å². The van der Waals surface area contributed by atoms with E-state index in [1.54, 1.807) is 0 Å². The van der Waals surface area contributed by atoms with E-state index in [0.29, 0.717) is 0 Å². The molecular formula is C20H44O2Si. The summed E-state index contributed by atoms with van der Waals surface area (Å²) in [7, 11) is -2.20. The van der Waals surface area contributed by atoms with Crippen molar-refractivity contribution in [2.24, 2.45) is 5.92 Å². The van der Waals surface area contributed by atoms with Crippen LogP contribution in [0.5, 0.6) is 0 Å². The smallest absolute Gasteiger partial charge is 0.344 e. The van der Waals surface area contributed by atoms with E-state index in [1.165, 1.54) is 51.4 Å². The van der Waals surface area contributed by atoms with Crippen LogP contribution in [0.15, 0.2) is 0 Å². The highest BCUT2D eigenvalue weighted by molar-refractivity contribution is 6.70. The largest absolute Gasteiger partial charge is 0.394 e. The normalized spacial score (nSPS) is 13.0. The summed E-state index contributed by atoms with van der Waals surface area (Å²) in [5.74, 6) is 0.735. The van der Waals surface area contributed by atoms with Gasteiger partial charge in [0.1, 0.15) is 0 Å². The van der Waals surface area contributed by atoms with Crippen LogP contribution in [0.3, 0.4) is 0 Å². The van der Waals surface area contributed by atoms with Crippen molar-refractivity contribution in [3.63, 3.8) is 0 Å². The fourth-order valence-electron chi connectivity index (χ4n) is 3.61. The lowest BCUT2D eigenvalue weighted by Crippen LogP contribution is -2.52. The number of hydrogen-bond donors (Lipinski definition) is 0. The first-order chi connectivity index (χ1) is 10.9. The molecule has 0 atom stereocenters. The van der Waals surface area contributed by atoms with E-state index >= 15 is 0 Å². The molecule has 0 aliphatic rings. The van der Waals surface area contributed by atoms with Crippen molar-refractivity contribution in [1.82, 2.24) is 0 Å². The van der Waals surface area contributed by atoms with Gasteiger partial charge in [-0.25, -0.2) is 0 Å². The second-order valence-electron chi connectivity index (χ2n) is 7.55. The Hall–Kier alpha value is 0.137. The van der Waals surface area contributed by atoms with Gasteiger partial charge in [-0.2, -0.15) is 0 Å². The average Bonchev–Trinajstić information content (AvgIpc) is 2.52. The molecule has 0 aromatic carbocycles. The van der Waals surface area contributed by atoms with E-state index in [-0.39, 0.29) is 5.04 Å². The third-order valence-electron chi connectivity index (χ3n) is 5.40. The quantitative estimate of drug-likeness (QED) is 0.233. The summed E-state index contributed by atoms with van der Waals surface area (Å²) in [6, 6.07) is 1.16. The Morgan fingerprint density at radius 1 is 0.783 bits per heavy atom. The minimum Gasteiger partial charge on any atom is -0.394 e. The van der Waals surface area contributed by atoms with Crippen molar-refractivity contribution >= 4 is 8.56 Å². The molecule has 0 aromatic heterocycles. The van der Waals surface area contributed by atoms with Gasteiger partial charge >= 0.3 is 8.56 Å². The Kier molecular flexibility index (Phi) is 12.6. The Morgan fingerprint density at radius 3 is 1.74 bits per heavy atom. The van der Waals surface area contributed by atoms with Crippen LogP contribution in [-0.4, -0.2) is 21.8 Å². The fraction of sp³-hybridized carbons (Fsp3) is 1.00. The first kappa shape index (κ1) is 23.1. The van der Waals surface area contributed by atoms with Crippen LogP contribution in [0.25, 0.3) is 0 Å². The Balaban J connectivity index is 5.03. The predicted octanol–water partition coefficient (Wildman–Crippen LogP) is 7.08. The second kappa shape index (κ2) is 12.5. The van der Waals surface area contributed by atoms with Crippen molar-refractivity contribution in [2.45, 2.75) is 111 Å². The van der Waals surface area contributed by atoms with E-state index in [0.717, 1.165) is 25.2 Å². The lowest BCUT2D eigenvalue weighted by atomic mass is 10.0. The number of hydrogen-bond acceptors (Lipinski definition) is 2. The van der Waals surface area contributed by atoms with Gasteiger partial charge in [-0.15, -0.1) is 0 Å². The molecule has 0 spiro atoms. The van der Waals surface area contributed by atoms with Gasteiger partial charge in [0, 0.05) is 18.3 Å². The summed E-state index contributed by atoms with van der Waals surface area (Å²) in [6.45, 7) is 17.5. The maximum atomic E-state index is 6.46. The first-order valence-electron chi connectivity index (χ1n) is 10.2. The van der Waals surface area contributed by atoms with E-state index in [4.69, 9.17) is 8.85 Å². The summed E-state index contributed by atoms with van der Waals surface area (Å²) in [5.41, 5.74) is 0. The standard InChI is InChI=1S/C20H44O2Si/c1-8-13-14-15-16-17-20(6,7)23(21-11-4,22-12-5)18-19(9-2)10-3/h19H,8-18H2,1-7H3. The third kappa shape index (κ3) is 7.70. The molecule has 0 saturated carbocycles. The minimum absolute atomic E-state index is 0.188. The van der Waals surface area contributed by atoms with Gasteiger partial charge in [-0.05, 0) is 32.2 Å². The molecule has 0 unspecified atom stereocenters. The van der Waals surface area contributed by atoms with E-state index in [1.807, 2.05) is 0 Å². The molecule has 0 fully saturated rings. The number of unbranched alkanes of at least 4 members (excludes halogenated alkanes) is 4. The van der Waals surface area contributed by atoms with Crippen LogP contribution in [0.1, 0.15) is 99.8 Å². The summed E-state index contributed by atoms with van der Waals surface area (Å²) >= 11 is 0. The molecule has 0 amide bonds. The fourth-order valence-corrected chi connectivity index (χ4v) is 8.09. The first-order valence-corrected chi connectivity index (χ1v) is 12.2. The van der Waals surface area contributed by atoms with Crippen LogP contribution >= 0.6 is 0 Å². The zero-order chi connectivity index (χ0) is 17.8. The molecule has 0 N–H and O–H groups in total. The van der Waals surface area contributed by atoms with Crippen LogP contribution in [0, 0.1) is 5.92 Å². The molecular weight excluding hydrogens is 300 g/mol. The molecule has 0 heterocycles. The van der Waals surface area contributed by atoms with Gasteiger partial charge in [0.25, 0.3) is 0 Å². The van der Waals surface area contributed by atoms with Gasteiger partial charge in [0.15, 0.2) is 0 Å². The third-order valence-corrected chi connectivity index (χ3v) is 10.3.